The van der Waals surface area contributed by atoms with Gasteiger partial charge in [0.2, 0.25) is 0 Å². The summed E-state index contributed by atoms with van der Waals surface area (Å²) in [6, 6.07) is 8.22. The van der Waals surface area contributed by atoms with Crippen LogP contribution in [0.1, 0.15) is 45.2 Å². The molecule has 1 aromatic rings. The smallest absolute Gasteiger partial charge is 0.124 e. The van der Waals surface area contributed by atoms with Crippen LogP contribution >= 0.6 is 0 Å². The van der Waals surface area contributed by atoms with E-state index in [4.69, 9.17) is 10.5 Å². The Hall–Kier alpha value is -1.02. The minimum Gasteiger partial charge on any atom is -0.487 e. The molecule has 2 N–H and O–H groups in total. The quantitative estimate of drug-likeness (QED) is 0.828. The zero-order valence-corrected chi connectivity index (χ0v) is 10.4. The molecule has 16 heavy (non-hydrogen) atoms. The van der Waals surface area contributed by atoms with Crippen LogP contribution in [0.4, 0.5) is 0 Å². The lowest BCUT2D eigenvalue weighted by Crippen LogP contribution is -2.41. The predicted octanol–water partition coefficient (Wildman–Crippen LogP) is 3.27. The van der Waals surface area contributed by atoms with Crippen LogP contribution in [-0.4, -0.2) is 5.60 Å². The third-order valence-corrected chi connectivity index (χ3v) is 3.17. The molecule has 88 valence electrons. The first-order valence-electron chi connectivity index (χ1n) is 6.04. The van der Waals surface area contributed by atoms with Crippen LogP contribution in [-0.2, 0) is 0 Å². The first-order chi connectivity index (χ1) is 7.50. The Morgan fingerprint density at radius 1 is 1.44 bits per heavy atom. The van der Waals surface area contributed by atoms with Gasteiger partial charge in [0.1, 0.15) is 11.4 Å². The molecule has 0 saturated carbocycles. The molecule has 2 atom stereocenters. The minimum atomic E-state index is -0.109. The second-order valence-corrected chi connectivity index (χ2v) is 5.50. The Kier molecular flexibility index (Phi) is 2.94. The molecule has 1 aliphatic rings. The molecule has 2 heteroatoms. The molecule has 0 radical (unpaired) electrons. The second kappa shape index (κ2) is 4.10. The van der Waals surface area contributed by atoms with Crippen LogP contribution in [0.25, 0.3) is 0 Å². The lowest BCUT2D eigenvalue weighted by Gasteiger charge is -2.39. The molecule has 0 aromatic heterocycles. The second-order valence-electron chi connectivity index (χ2n) is 5.50. The third-order valence-electron chi connectivity index (χ3n) is 3.17. The minimum absolute atomic E-state index is 0.105. The average Bonchev–Trinajstić information content (AvgIpc) is 2.15. The number of nitrogens with two attached hydrogens (primary N) is 1. The lowest BCUT2D eigenvalue weighted by atomic mass is 9.83. The molecule has 0 amide bonds. The summed E-state index contributed by atoms with van der Waals surface area (Å²) in [5, 5.41) is 0. The van der Waals surface area contributed by atoms with Crippen LogP contribution in [0.15, 0.2) is 24.3 Å². The summed E-state index contributed by atoms with van der Waals surface area (Å²) in [5.74, 6) is 1.59. The van der Waals surface area contributed by atoms with Crippen molar-refractivity contribution >= 4 is 0 Å². The molecule has 0 saturated heterocycles. The molecule has 1 heterocycles. The van der Waals surface area contributed by atoms with E-state index in [0.29, 0.717) is 5.92 Å². The largest absolute Gasteiger partial charge is 0.487 e. The van der Waals surface area contributed by atoms with E-state index >= 15 is 0 Å². The van der Waals surface area contributed by atoms with Gasteiger partial charge in [-0.25, -0.2) is 0 Å². The van der Waals surface area contributed by atoms with Gasteiger partial charge in [-0.3, -0.25) is 0 Å². The van der Waals surface area contributed by atoms with Gasteiger partial charge in [-0.15, -0.1) is 0 Å². The van der Waals surface area contributed by atoms with Crippen LogP contribution in [0, 0.1) is 5.92 Å². The summed E-state index contributed by atoms with van der Waals surface area (Å²) in [7, 11) is 0. The number of benzene rings is 1. The number of hydrogen-bond donors (Lipinski definition) is 1. The van der Waals surface area contributed by atoms with Crippen LogP contribution < -0.4 is 10.5 Å². The van der Waals surface area contributed by atoms with Gasteiger partial charge in [0, 0.05) is 18.0 Å². The monoisotopic (exact) mass is 219 g/mol. The fourth-order valence-corrected chi connectivity index (χ4v) is 2.75. The van der Waals surface area contributed by atoms with E-state index in [1.807, 2.05) is 18.2 Å². The molecule has 1 aliphatic heterocycles. The van der Waals surface area contributed by atoms with Crippen molar-refractivity contribution in [2.24, 2.45) is 11.7 Å². The summed E-state index contributed by atoms with van der Waals surface area (Å²) < 4.78 is 6.12. The van der Waals surface area contributed by atoms with Crippen molar-refractivity contribution in [2.45, 2.75) is 45.3 Å². The van der Waals surface area contributed by atoms with Crippen LogP contribution in [0.2, 0.25) is 0 Å². The third kappa shape index (κ3) is 2.22. The van der Waals surface area contributed by atoms with Crippen LogP contribution in [0.5, 0.6) is 5.75 Å². The highest BCUT2D eigenvalue weighted by Crippen LogP contribution is 2.40. The number of fused-ring (bicyclic) bond motifs is 1. The molecule has 0 aliphatic carbocycles. The summed E-state index contributed by atoms with van der Waals surface area (Å²) in [5.41, 5.74) is 7.25. The van der Waals surface area contributed by atoms with Gasteiger partial charge in [0.05, 0.1) is 0 Å². The van der Waals surface area contributed by atoms with Gasteiger partial charge >= 0.3 is 0 Å². The van der Waals surface area contributed by atoms with Gasteiger partial charge < -0.3 is 10.5 Å². The number of hydrogen-bond acceptors (Lipinski definition) is 2. The Morgan fingerprint density at radius 2 is 2.12 bits per heavy atom. The van der Waals surface area contributed by atoms with Crippen molar-refractivity contribution in [3.63, 3.8) is 0 Å². The molecule has 0 spiro atoms. The average molecular weight is 219 g/mol. The molecule has 0 bridgehead atoms. The summed E-state index contributed by atoms with van der Waals surface area (Å²) >= 11 is 0. The standard InChI is InChI=1S/C14H21NO/c1-10(2)8-14(3)9-12(15)11-6-4-5-7-13(11)16-14/h4-7,10,12H,8-9,15H2,1-3H3/t12-,14?/m1/s1. The topological polar surface area (TPSA) is 35.2 Å². The highest BCUT2D eigenvalue weighted by atomic mass is 16.5. The van der Waals surface area contributed by atoms with E-state index in [-0.39, 0.29) is 11.6 Å². The number of para-hydroxylation sites is 1. The van der Waals surface area contributed by atoms with E-state index in [2.05, 4.69) is 26.8 Å². The van der Waals surface area contributed by atoms with Crippen molar-refractivity contribution in [1.29, 1.82) is 0 Å². The SMILES string of the molecule is CC(C)CC1(C)C[C@@H](N)c2ccccc2O1. The summed E-state index contributed by atoms with van der Waals surface area (Å²) in [6.07, 6.45) is 1.96. The van der Waals surface area contributed by atoms with Gasteiger partial charge in [-0.05, 0) is 25.3 Å². The molecule has 2 nitrogen and oxygen atoms in total. The maximum absolute atomic E-state index is 6.22. The van der Waals surface area contributed by atoms with E-state index < -0.39 is 0 Å². The highest BCUT2D eigenvalue weighted by molar-refractivity contribution is 5.38. The zero-order chi connectivity index (χ0) is 11.8. The normalized spacial score (nSPS) is 28.7. The van der Waals surface area contributed by atoms with Crippen molar-refractivity contribution in [1.82, 2.24) is 0 Å². The zero-order valence-electron chi connectivity index (χ0n) is 10.4. The molecule has 0 fully saturated rings. The maximum Gasteiger partial charge on any atom is 0.124 e. The predicted molar refractivity (Wildman–Crippen MR) is 66.5 cm³/mol. The Bertz CT molecular complexity index is 375. The van der Waals surface area contributed by atoms with Crippen molar-refractivity contribution < 1.29 is 4.74 Å². The van der Waals surface area contributed by atoms with Gasteiger partial charge in [0.15, 0.2) is 0 Å². The van der Waals surface area contributed by atoms with Crippen LogP contribution in [0.3, 0.4) is 0 Å². The van der Waals surface area contributed by atoms with Gasteiger partial charge in [-0.1, -0.05) is 32.0 Å². The number of ether oxygens (including phenoxy) is 1. The van der Waals surface area contributed by atoms with Gasteiger partial charge in [0.25, 0.3) is 0 Å². The molecule has 2 rings (SSSR count). The van der Waals surface area contributed by atoms with E-state index in [0.717, 1.165) is 24.2 Å². The molecule has 1 unspecified atom stereocenters. The van der Waals surface area contributed by atoms with Crippen molar-refractivity contribution in [3.05, 3.63) is 29.8 Å². The van der Waals surface area contributed by atoms with Crippen molar-refractivity contribution in [3.8, 4) is 5.75 Å². The lowest BCUT2D eigenvalue weighted by molar-refractivity contribution is 0.0341. The first-order valence-corrected chi connectivity index (χ1v) is 6.04. The first kappa shape index (κ1) is 11.5. The van der Waals surface area contributed by atoms with E-state index in [9.17, 15) is 0 Å². The Labute approximate surface area is 97.8 Å². The molecule has 1 aromatic carbocycles. The number of rotatable bonds is 2. The Balaban J connectivity index is 2.26. The fraction of sp³-hybridized carbons (Fsp3) is 0.571. The van der Waals surface area contributed by atoms with E-state index in [1.54, 1.807) is 0 Å². The summed E-state index contributed by atoms with van der Waals surface area (Å²) in [4.78, 5) is 0. The maximum atomic E-state index is 6.22. The molecular weight excluding hydrogens is 198 g/mol. The van der Waals surface area contributed by atoms with E-state index in [1.165, 1.54) is 0 Å². The fourth-order valence-electron chi connectivity index (χ4n) is 2.75. The Morgan fingerprint density at radius 3 is 2.81 bits per heavy atom. The molecular formula is C14H21NO. The summed E-state index contributed by atoms with van der Waals surface area (Å²) in [6.45, 7) is 6.62. The van der Waals surface area contributed by atoms with Crippen molar-refractivity contribution in [2.75, 3.05) is 0 Å². The van der Waals surface area contributed by atoms with Gasteiger partial charge in [-0.2, -0.15) is 0 Å². The highest BCUT2D eigenvalue weighted by Gasteiger charge is 2.35.